The van der Waals surface area contributed by atoms with Crippen molar-refractivity contribution in [3.8, 4) is 0 Å². The first-order valence-electron chi connectivity index (χ1n) is 3.56. The molecule has 0 aromatic carbocycles. The van der Waals surface area contributed by atoms with Crippen LogP contribution in [0.5, 0.6) is 0 Å². The second kappa shape index (κ2) is 4.82. The smallest absolute Gasteiger partial charge is 0.219 e. The van der Waals surface area contributed by atoms with E-state index in [2.05, 4.69) is 0 Å². The van der Waals surface area contributed by atoms with Crippen LogP contribution in [0.3, 0.4) is 0 Å². The van der Waals surface area contributed by atoms with E-state index >= 15 is 0 Å². The van der Waals surface area contributed by atoms with E-state index in [1.165, 1.54) is 19.3 Å². The van der Waals surface area contributed by atoms with Gasteiger partial charge in [-0.2, -0.15) is 0 Å². The van der Waals surface area contributed by atoms with Crippen molar-refractivity contribution in [1.29, 1.82) is 0 Å². The Morgan fingerprint density at radius 2 is 1.70 bits per heavy atom. The van der Waals surface area contributed by atoms with Crippen LogP contribution in [0.25, 0.3) is 0 Å². The monoisotopic (exact) mass is 134 g/mol. The van der Waals surface area contributed by atoms with Gasteiger partial charge in [-0.25, -0.2) is 0 Å². The molecule has 10 heavy (non-hydrogen) atoms. The van der Waals surface area contributed by atoms with Crippen molar-refractivity contribution in [1.82, 2.24) is 4.90 Å². The molecule has 0 aliphatic carbocycles. The molecule has 0 spiro atoms. The summed E-state index contributed by atoms with van der Waals surface area (Å²) in [4.78, 5) is 12.6. The van der Waals surface area contributed by atoms with Crippen LogP contribution in [0.4, 0.5) is 0 Å². The molecular formula is C7H13LiNO. The Bertz CT molecular complexity index is 110. The van der Waals surface area contributed by atoms with Gasteiger partial charge in [0.15, 0.2) is 0 Å². The predicted octanol–water partition coefficient (Wildman–Crippen LogP) is 0.638. The molecule has 0 bridgehead atoms. The number of rotatable bonds is 0. The third-order valence-corrected chi connectivity index (χ3v) is 1.80. The molecular weight excluding hydrogens is 121 g/mol. The summed E-state index contributed by atoms with van der Waals surface area (Å²) in [5, 5.41) is 0. The first-order chi connectivity index (χ1) is 4.30. The minimum atomic E-state index is 0. The quantitative estimate of drug-likeness (QED) is 0.445. The third kappa shape index (κ3) is 2.77. The maximum atomic E-state index is 10.7. The average Bonchev–Trinajstić information content (AvgIpc) is 1.90. The van der Waals surface area contributed by atoms with Crippen LogP contribution in [-0.2, 0) is 4.79 Å². The standard InChI is InChI=1S/C7H13NO.Li/c1-7(9)8-5-3-2-4-6-8;/h2-6H2,1H3;. The molecule has 0 aromatic rings. The number of carbonyl (C=O) groups is 1. The van der Waals surface area contributed by atoms with Crippen molar-refractivity contribution in [3.05, 3.63) is 0 Å². The van der Waals surface area contributed by atoms with E-state index in [1.54, 1.807) is 6.92 Å². The van der Waals surface area contributed by atoms with Gasteiger partial charge in [0.25, 0.3) is 0 Å². The Balaban J connectivity index is 0.000000810. The molecule has 1 fully saturated rings. The van der Waals surface area contributed by atoms with Gasteiger partial charge in [0.05, 0.1) is 0 Å². The van der Waals surface area contributed by atoms with E-state index in [9.17, 15) is 4.79 Å². The molecule has 1 heterocycles. The van der Waals surface area contributed by atoms with Gasteiger partial charge in [-0.1, -0.05) is 0 Å². The van der Waals surface area contributed by atoms with E-state index in [0.717, 1.165) is 13.1 Å². The van der Waals surface area contributed by atoms with Crippen LogP contribution in [-0.4, -0.2) is 42.8 Å². The van der Waals surface area contributed by atoms with Crippen LogP contribution in [0.1, 0.15) is 26.2 Å². The van der Waals surface area contributed by atoms with Gasteiger partial charge in [0, 0.05) is 38.9 Å². The van der Waals surface area contributed by atoms with Gasteiger partial charge in [-0.15, -0.1) is 0 Å². The van der Waals surface area contributed by atoms with Gasteiger partial charge in [-0.3, -0.25) is 4.79 Å². The maximum absolute atomic E-state index is 10.7. The van der Waals surface area contributed by atoms with E-state index < -0.39 is 0 Å². The normalized spacial score (nSPS) is 17.9. The largest absolute Gasteiger partial charge is 0.343 e. The molecule has 0 atom stereocenters. The molecule has 1 saturated heterocycles. The summed E-state index contributed by atoms with van der Waals surface area (Å²) in [6, 6.07) is 0. The Kier molecular flexibility index (Phi) is 4.85. The van der Waals surface area contributed by atoms with E-state index in [0.29, 0.717) is 0 Å². The predicted molar refractivity (Wildman–Crippen MR) is 41.9 cm³/mol. The van der Waals surface area contributed by atoms with Crippen molar-refractivity contribution < 1.29 is 4.79 Å². The van der Waals surface area contributed by atoms with E-state index in [1.807, 2.05) is 4.90 Å². The molecule has 0 saturated carbocycles. The van der Waals surface area contributed by atoms with Crippen LogP contribution < -0.4 is 0 Å². The van der Waals surface area contributed by atoms with Crippen molar-refractivity contribution in [2.24, 2.45) is 0 Å². The Hall–Kier alpha value is 0.0674. The number of carbonyl (C=O) groups excluding carboxylic acids is 1. The zero-order valence-corrected chi connectivity index (χ0v) is 6.89. The minimum absolute atomic E-state index is 0. The second-order valence-corrected chi connectivity index (χ2v) is 2.57. The van der Waals surface area contributed by atoms with Crippen LogP contribution >= 0.6 is 0 Å². The molecule has 0 aromatic heterocycles. The molecule has 1 amide bonds. The van der Waals surface area contributed by atoms with Crippen LogP contribution in [0.15, 0.2) is 0 Å². The van der Waals surface area contributed by atoms with Crippen LogP contribution in [0.2, 0.25) is 0 Å². The Labute approximate surface area is 74.1 Å². The summed E-state index contributed by atoms with van der Waals surface area (Å²) >= 11 is 0. The minimum Gasteiger partial charge on any atom is -0.343 e. The zero-order valence-electron chi connectivity index (χ0n) is 6.89. The summed E-state index contributed by atoms with van der Waals surface area (Å²) in [6.45, 7) is 3.61. The molecule has 1 rings (SSSR count). The summed E-state index contributed by atoms with van der Waals surface area (Å²) in [5.41, 5.74) is 0. The van der Waals surface area contributed by atoms with Gasteiger partial charge in [0.2, 0.25) is 5.91 Å². The fourth-order valence-electron chi connectivity index (χ4n) is 1.21. The molecule has 2 nitrogen and oxygen atoms in total. The molecule has 0 unspecified atom stereocenters. The number of likely N-dealkylation sites (tertiary alicyclic amines) is 1. The number of piperidine rings is 1. The van der Waals surface area contributed by atoms with Crippen molar-refractivity contribution in [2.45, 2.75) is 26.2 Å². The van der Waals surface area contributed by atoms with Gasteiger partial charge in [0.1, 0.15) is 0 Å². The number of hydrogen-bond donors (Lipinski definition) is 0. The number of hydrogen-bond acceptors (Lipinski definition) is 1. The maximum Gasteiger partial charge on any atom is 0.219 e. The SMILES string of the molecule is CC(=O)N1CCCCC1.[Li]. The second-order valence-electron chi connectivity index (χ2n) is 2.57. The Morgan fingerprint density at radius 3 is 2.00 bits per heavy atom. The summed E-state index contributed by atoms with van der Waals surface area (Å²) < 4.78 is 0. The van der Waals surface area contributed by atoms with Crippen molar-refractivity contribution in [2.75, 3.05) is 13.1 Å². The molecule has 1 aliphatic rings. The fourth-order valence-corrected chi connectivity index (χ4v) is 1.21. The van der Waals surface area contributed by atoms with Gasteiger partial charge >= 0.3 is 0 Å². The summed E-state index contributed by atoms with van der Waals surface area (Å²) in [7, 11) is 0. The molecule has 0 N–H and O–H groups in total. The fraction of sp³-hybridized carbons (Fsp3) is 0.857. The zero-order chi connectivity index (χ0) is 6.69. The van der Waals surface area contributed by atoms with Gasteiger partial charge < -0.3 is 4.90 Å². The summed E-state index contributed by atoms with van der Waals surface area (Å²) in [6.07, 6.45) is 3.68. The average molecular weight is 134 g/mol. The molecule has 53 valence electrons. The summed E-state index contributed by atoms with van der Waals surface area (Å²) in [5.74, 6) is 0.231. The van der Waals surface area contributed by atoms with Crippen molar-refractivity contribution >= 4 is 24.8 Å². The topological polar surface area (TPSA) is 20.3 Å². The van der Waals surface area contributed by atoms with Crippen molar-refractivity contribution in [3.63, 3.8) is 0 Å². The molecule has 1 aliphatic heterocycles. The van der Waals surface area contributed by atoms with Crippen LogP contribution in [0, 0.1) is 0 Å². The molecule has 3 heteroatoms. The number of amides is 1. The van der Waals surface area contributed by atoms with Gasteiger partial charge in [-0.05, 0) is 19.3 Å². The Morgan fingerprint density at radius 1 is 1.20 bits per heavy atom. The third-order valence-electron chi connectivity index (χ3n) is 1.80. The first-order valence-corrected chi connectivity index (χ1v) is 3.56. The van der Waals surface area contributed by atoms with E-state index in [4.69, 9.17) is 0 Å². The first kappa shape index (κ1) is 10.1. The number of nitrogens with zero attached hydrogens (tertiary/aromatic N) is 1. The molecule has 1 radical (unpaired) electrons. The van der Waals surface area contributed by atoms with E-state index in [-0.39, 0.29) is 24.8 Å².